The summed E-state index contributed by atoms with van der Waals surface area (Å²) in [5, 5.41) is 11.9. The molecule has 0 amide bonds. The molecule has 33 heavy (non-hydrogen) atoms. The highest BCUT2D eigenvalue weighted by molar-refractivity contribution is 5.67. The molecule has 0 aliphatic carbocycles. The lowest BCUT2D eigenvalue weighted by Gasteiger charge is -2.41. The normalized spacial score (nSPS) is 21.5. The van der Waals surface area contributed by atoms with E-state index in [2.05, 4.69) is 108 Å². The number of fused-ring (bicyclic) bond motifs is 1. The van der Waals surface area contributed by atoms with Crippen LogP contribution in [0, 0.1) is 5.41 Å². The second-order valence-electron chi connectivity index (χ2n) is 10.3. The average Bonchev–Trinajstić information content (AvgIpc) is 2.91. The largest absolute Gasteiger partial charge is 0.366 e. The van der Waals surface area contributed by atoms with Crippen LogP contribution in [0.4, 0.5) is 5.69 Å². The van der Waals surface area contributed by atoms with E-state index in [0.717, 1.165) is 30.2 Å². The minimum Gasteiger partial charge on any atom is -0.366 e. The molecule has 0 bridgehead atoms. The van der Waals surface area contributed by atoms with Crippen LogP contribution in [0.5, 0.6) is 0 Å². The standard InChI is InChI=1S/C30H44N2O/c1-11-18-26(24(12-2)28(6,7)8)31(13-3)23(5)19-17-22-30(33)29(9,10)25-20-15-16-21-27(25)32(30)14-4/h11-12,15-22,33H,2,13-14H2,1,3-10H3/b18-11-,22-17+,23-19+,26-24-. The van der Waals surface area contributed by atoms with E-state index >= 15 is 0 Å². The average molecular weight is 449 g/mol. The van der Waals surface area contributed by atoms with Crippen LogP contribution in [-0.2, 0) is 5.41 Å². The highest BCUT2D eigenvalue weighted by atomic mass is 16.3. The number of nitrogens with zero attached hydrogens (tertiary/aromatic N) is 2. The summed E-state index contributed by atoms with van der Waals surface area (Å²) in [4.78, 5) is 4.41. The van der Waals surface area contributed by atoms with Gasteiger partial charge in [0, 0.05) is 35.6 Å². The first-order valence-corrected chi connectivity index (χ1v) is 12.1. The number of allylic oxidation sites excluding steroid dienone is 7. The first-order valence-electron chi connectivity index (χ1n) is 12.1. The van der Waals surface area contributed by atoms with Crippen molar-refractivity contribution in [1.82, 2.24) is 4.90 Å². The van der Waals surface area contributed by atoms with E-state index in [-0.39, 0.29) is 5.41 Å². The fourth-order valence-electron chi connectivity index (χ4n) is 4.97. The van der Waals surface area contributed by atoms with Crippen molar-refractivity contribution >= 4 is 5.69 Å². The van der Waals surface area contributed by atoms with E-state index in [1.807, 2.05) is 31.2 Å². The summed E-state index contributed by atoms with van der Waals surface area (Å²) in [5.74, 6) is 0. The summed E-state index contributed by atoms with van der Waals surface area (Å²) in [6, 6.07) is 8.32. The van der Waals surface area contributed by atoms with Gasteiger partial charge >= 0.3 is 0 Å². The molecule has 1 unspecified atom stereocenters. The van der Waals surface area contributed by atoms with Crippen LogP contribution in [0.25, 0.3) is 0 Å². The van der Waals surface area contributed by atoms with Gasteiger partial charge in [-0.25, -0.2) is 0 Å². The summed E-state index contributed by atoms with van der Waals surface area (Å²) < 4.78 is 0. The third kappa shape index (κ3) is 4.89. The Balaban J connectivity index is 2.49. The van der Waals surface area contributed by atoms with Gasteiger partial charge in [-0.2, -0.15) is 0 Å². The fraction of sp³-hybridized carbons (Fsp3) is 0.467. The van der Waals surface area contributed by atoms with Crippen molar-refractivity contribution in [1.29, 1.82) is 0 Å². The lowest BCUT2D eigenvalue weighted by molar-refractivity contribution is 0.0305. The maximum atomic E-state index is 11.9. The zero-order valence-electron chi connectivity index (χ0n) is 22.2. The van der Waals surface area contributed by atoms with Gasteiger partial charge in [0.1, 0.15) is 0 Å². The van der Waals surface area contributed by atoms with Gasteiger partial charge in [0.25, 0.3) is 0 Å². The number of aliphatic hydroxyl groups is 1. The monoisotopic (exact) mass is 448 g/mol. The van der Waals surface area contributed by atoms with Gasteiger partial charge in [-0.15, -0.1) is 0 Å². The Morgan fingerprint density at radius 2 is 1.82 bits per heavy atom. The molecule has 1 N–H and O–H groups in total. The minimum absolute atomic E-state index is 0.0173. The number of rotatable bonds is 8. The van der Waals surface area contributed by atoms with Crippen LogP contribution in [-0.4, -0.2) is 28.8 Å². The van der Waals surface area contributed by atoms with Crippen LogP contribution >= 0.6 is 0 Å². The highest BCUT2D eigenvalue weighted by Gasteiger charge is 2.53. The van der Waals surface area contributed by atoms with Crippen LogP contribution in [0.2, 0.25) is 0 Å². The number of likely N-dealkylation sites (N-methyl/N-ethyl adjacent to an activating group) is 2. The summed E-state index contributed by atoms with van der Waals surface area (Å²) in [6.07, 6.45) is 12.3. The van der Waals surface area contributed by atoms with E-state index in [1.54, 1.807) is 0 Å². The number of hydrogen-bond acceptors (Lipinski definition) is 3. The third-order valence-electron chi connectivity index (χ3n) is 6.83. The molecule has 3 heteroatoms. The highest BCUT2D eigenvalue weighted by Crippen LogP contribution is 2.50. The first-order chi connectivity index (χ1) is 15.4. The lowest BCUT2D eigenvalue weighted by atomic mass is 9.77. The van der Waals surface area contributed by atoms with Crippen molar-refractivity contribution in [3.05, 3.63) is 89.8 Å². The summed E-state index contributed by atoms with van der Waals surface area (Å²) >= 11 is 0. The molecule has 0 spiro atoms. The molecule has 1 atom stereocenters. The SMILES string of the molecule is C=C/C(=C(\C=C/C)N(CC)/C(C)=C/C=C/C1(O)N(CC)c2ccccc2C1(C)C)C(C)(C)C. The Kier molecular flexibility index (Phi) is 8.24. The third-order valence-corrected chi connectivity index (χ3v) is 6.83. The molecule has 1 heterocycles. The van der Waals surface area contributed by atoms with Gasteiger partial charge in [0.2, 0.25) is 0 Å². The van der Waals surface area contributed by atoms with Crippen LogP contribution < -0.4 is 4.90 Å². The predicted molar refractivity (Wildman–Crippen MR) is 144 cm³/mol. The van der Waals surface area contributed by atoms with E-state index in [0.29, 0.717) is 0 Å². The molecular weight excluding hydrogens is 404 g/mol. The van der Waals surface area contributed by atoms with Gasteiger partial charge in [0.05, 0.1) is 0 Å². The summed E-state index contributed by atoms with van der Waals surface area (Å²) in [7, 11) is 0. The van der Waals surface area contributed by atoms with Crippen LogP contribution in [0.3, 0.4) is 0 Å². The predicted octanol–water partition coefficient (Wildman–Crippen LogP) is 7.34. The molecule has 180 valence electrons. The van der Waals surface area contributed by atoms with Crippen LogP contribution in [0.1, 0.15) is 67.9 Å². The summed E-state index contributed by atoms with van der Waals surface area (Å²) in [6.45, 7) is 25.0. The molecule has 3 nitrogen and oxygen atoms in total. The lowest BCUT2D eigenvalue weighted by Crippen LogP contribution is -2.54. The Bertz CT molecular complexity index is 971. The molecule has 2 rings (SSSR count). The minimum atomic E-state index is -1.10. The van der Waals surface area contributed by atoms with Crippen LogP contribution in [0.15, 0.2) is 84.3 Å². The van der Waals surface area contributed by atoms with Crippen molar-refractivity contribution in [3.63, 3.8) is 0 Å². The molecule has 1 aliphatic rings. The van der Waals surface area contributed by atoms with Gasteiger partial charge in [-0.05, 0) is 68.5 Å². The quantitative estimate of drug-likeness (QED) is 0.422. The van der Waals surface area contributed by atoms with E-state index in [1.165, 1.54) is 11.1 Å². The Morgan fingerprint density at radius 3 is 2.33 bits per heavy atom. The van der Waals surface area contributed by atoms with Gasteiger partial charge in [0.15, 0.2) is 5.72 Å². The van der Waals surface area contributed by atoms with Crippen molar-refractivity contribution < 1.29 is 5.11 Å². The molecule has 1 aliphatic heterocycles. The molecule has 1 aromatic rings. The zero-order chi connectivity index (χ0) is 25.0. The smallest absolute Gasteiger partial charge is 0.167 e. The molecule has 0 radical (unpaired) electrons. The molecule has 1 aromatic carbocycles. The number of benzene rings is 1. The maximum Gasteiger partial charge on any atom is 0.167 e. The topological polar surface area (TPSA) is 26.7 Å². The number of hydrogen-bond donors (Lipinski definition) is 1. The summed E-state index contributed by atoms with van der Waals surface area (Å²) in [5.41, 5.74) is 4.22. The fourth-order valence-corrected chi connectivity index (χ4v) is 4.97. The molecular formula is C30H44N2O. The van der Waals surface area contributed by atoms with Crippen molar-refractivity contribution in [3.8, 4) is 0 Å². The van der Waals surface area contributed by atoms with Gasteiger partial charge in [-0.3, -0.25) is 0 Å². The zero-order valence-corrected chi connectivity index (χ0v) is 22.2. The van der Waals surface area contributed by atoms with E-state index in [4.69, 9.17) is 0 Å². The first kappa shape index (κ1) is 26.7. The molecule has 0 saturated heterocycles. The second kappa shape index (κ2) is 10.2. The Labute approximate surface area is 202 Å². The van der Waals surface area contributed by atoms with Gasteiger partial charge in [-0.1, -0.05) is 77.6 Å². The van der Waals surface area contributed by atoms with Gasteiger partial charge < -0.3 is 14.9 Å². The molecule has 0 saturated carbocycles. The number of para-hydroxylation sites is 1. The second-order valence-corrected chi connectivity index (χ2v) is 10.3. The molecule has 0 aromatic heterocycles. The van der Waals surface area contributed by atoms with E-state index in [9.17, 15) is 5.11 Å². The van der Waals surface area contributed by atoms with Crippen molar-refractivity contribution in [2.24, 2.45) is 5.41 Å². The van der Waals surface area contributed by atoms with E-state index < -0.39 is 11.1 Å². The maximum absolute atomic E-state index is 11.9. The van der Waals surface area contributed by atoms with Crippen molar-refractivity contribution in [2.45, 2.75) is 73.5 Å². The van der Waals surface area contributed by atoms with Crippen molar-refractivity contribution in [2.75, 3.05) is 18.0 Å². The number of anilines is 1. The Morgan fingerprint density at radius 1 is 1.18 bits per heavy atom. The Hall–Kier alpha value is -2.52. The molecule has 0 fully saturated rings.